The van der Waals surface area contributed by atoms with E-state index in [0.717, 1.165) is 56.1 Å². The molecule has 4 aromatic rings. The second-order valence-corrected chi connectivity index (χ2v) is 19.8. The van der Waals surface area contributed by atoms with E-state index in [2.05, 4.69) is 126 Å². The molecule has 5 rings (SSSR count). The van der Waals surface area contributed by atoms with Crippen LogP contribution in [-0.2, 0) is 15.1 Å². The standard InChI is InChI=1S/C48H62ClNO3S/c1-15-46(13,53)38-19-17-16-18-36(38)31(5)25-47(14,54-27-48(26-41(51)52)44(9,10)45(48,11)12)37-21-20-28(2)42(34(37)8)29(3)22-35-23-30(4)43-33(7)32(6)39(49)24-40(43)50-35/h16-24,31,53H,15,25-27H2,1-14H3,(H,51,52)/b29-22+/t31?,46?,47-/m1/s1. The van der Waals surface area contributed by atoms with Gasteiger partial charge in [0.25, 0.3) is 0 Å². The van der Waals surface area contributed by atoms with Crippen molar-refractivity contribution in [1.82, 2.24) is 4.98 Å². The molecule has 2 unspecified atom stereocenters. The summed E-state index contributed by atoms with van der Waals surface area (Å²) in [7, 11) is 0. The second kappa shape index (κ2) is 14.8. The van der Waals surface area contributed by atoms with Gasteiger partial charge in [-0.2, -0.15) is 0 Å². The van der Waals surface area contributed by atoms with Gasteiger partial charge in [0.05, 0.1) is 23.2 Å². The number of rotatable bonds is 13. The molecule has 0 saturated heterocycles. The van der Waals surface area contributed by atoms with Gasteiger partial charge in [0.1, 0.15) is 0 Å². The molecule has 0 aliphatic heterocycles. The number of carbonyl (C=O) groups is 1. The largest absolute Gasteiger partial charge is 0.481 e. The van der Waals surface area contributed by atoms with Crippen LogP contribution >= 0.6 is 23.4 Å². The SMILES string of the molecule is CCC(C)(O)c1ccccc1C(C)C[C@@](C)(SCC1(CC(=O)O)C(C)(C)C1(C)C)c1ccc(C)c(/C(C)=C/c2cc(C)c3c(C)c(C)c(Cl)cc3n2)c1C. The fourth-order valence-electron chi connectivity index (χ4n) is 9.79. The number of aryl methyl sites for hydroxylation is 3. The predicted molar refractivity (Wildman–Crippen MR) is 232 cm³/mol. The normalized spacial score (nSPS) is 18.9. The van der Waals surface area contributed by atoms with Crippen LogP contribution in [0.5, 0.6) is 0 Å². The lowest BCUT2D eigenvalue weighted by Crippen LogP contribution is -2.28. The average Bonchev–Trinajstić information content (AvgIpc) is 3.41. The highest BCUT2D eigenvalue weighted by atomic mass is 35.5. The third-order valence-electron chi connectivity index (χ3n) is 14.3. The number of aliphatic carboxylic acids is 1. The van der Waals surface area contributed by atoms with Crippen LogP contribution in [0.3, 0.4) is 0 Å². The molecule has 0 bridgehead atoms. The molecule has 290 valence electrons. The molecule has 6 heteroatoms. The Labute approximate surface area is 334 Å². The van der Waals surface area contributed by atoms with Gasteiger partial charge in [-0.3, -0.25) is 4.79 Å². The van der Waals surface area contributed by atoms with E-state index in [1.54, 1.807) is 0 Å². The van der Waals surface area contributed by atoms with E-state index in [4.69, 9.17) is 16.6 Å². The third-order valence-corrected chi connectivity index (χ3v) is 16.3. The maximum absolute atomic E-state index is 12.4. The summed E-state index contributed by atoms with van der Waals surface area (Å²) >= 11 is 8.55. The molecule has 1 heterocycles. The number of benzene rings is 3. The number of hydrogen-bond donors (Lipinski definition) is 2. The number of thioether (sulfide) groups is 1. The van der Waals surface area contributed by atoms with E-state index in [1.165, 1.54) is 33.4 Å². The van der Waals surface area contributed by atoms with Crippen LogP contribution in [-0.4, -0.2) is 26.9 Å². The molecule has 2 N–H and O–H groups in total. The van der Waals surface area contributed by atoms with Crippen molar-refractivity contribution >= 4 is 51.9 Å². The molecule has 0 amide bonds. The van der Waals surface area contributed by atoms with Gasteiger partial charge in [0, 0.05) is 26.3 Å². The number of carboxylic acids is 1. The highest BCUT2D eigenvalue weighted by Crippen LogP contribution is 2.80. The number of aliphatic hydroxyl groups is 1. The molecule has 1 aromatic heterocycles. The van der Waals surface area contributed by atoms with Crippen molar-refractivity contribution in [3.8, 4) is 0 Å². The average molecular weight is 769 g/mol. The van der Waals surface area contributed by atoms with E-state index in [9.17, 15) is 15.0 Å². The zero-order valence-electron chi connectivity index (χ0n) is 35.1. The Bertz CT molecular complexity index is 2130. The molecular weight excluding hydrogens is 706 g/mol. The van der Waals surface area contributed by atoms with Crippen molar-refractivity contribution < 1.29 is 15.0 Å². The summed E-state index contributed by atoms with van der Waals surface area (Å²) < 4.78 is -0.373. The first-order valence-electron chi connectivity index (χ1n) is 19.5. The molecule has 4 nitrogen and oxygen atoms in total. The summed E-state index contributed by atoms with van der Waals surface area (Å²) in [5, 5.41) is 23.6. The molecule has 1 saturated carbocycles. The molecular formula is C48H62ClNO3S. The first-order valence-corrected chi connectivity index (χ1v) is 20.9. The first-order chi connectivity index (χ1) is 25.0. The number of pyridine rings is 1. The molecule has 1 aliphatic rings. The van der Waals surface area contributed by atoms with E-state index >= 15 is 0 Å². The predicted octanol–water partition coefficient (Wildman–Crippen LogP) is 13.3. The van der Waals surface area contributed by atoms with Crippen LogP contribution in [0.25, 0.3) is 22.6 Å². The number of aromatic nitrogens is 1. The Morgan fingerprint density at radius 1 is 0.926 bits per heavy atom. The number of allylic oxidation sites excluding steroid dienone is 1. The minimum absolute atomic E-state index is 0.121. The fourth-order valence-corrected chi connectivity index (χ4v) is 12.2. The van der Waals surface area contributed by atoms with Gasteiger partial charge in [-0.05, 0) is 159 Å². The third kappa shape index (κ3) is 7.07. The van der Waals surface area contributed by atoms with Crippen molar-refractivity contribution in [3.05, 3.63) is 109 Å². The van der Waals surface area contributed by atoms with Gasteiger partial charge in [-0.15, -0.1) is 11.8 Å². The van der Waals surface area contributed by atoms with Crippen molar-refractivity contribution in [2.75, 3.05) is 5.75 Å². The monoisotopic (exact) mass is 767 g/mol. The highest BCUT2D eigenvalue weighted by Gasteiger charge is 2.76. The molecule has 1 aliphatic carbocycles. The quantitative estimate of drug-likeness (QED) is 0.142. The maximum atomic E-state index is 12.4. The molecule has 54 heavy (non-hydrogen) atoms. The van der Waals surface area contributed by atoms with Crippen molar-refractivity contribution in [3.63, 3.8) is 0 Å². The lowest BCUT2D eigenvalue weighted by molar-refractivity contribution is -0.138. The molecule has 3 atom stereocenters. The molecule has 0 radical (unpaired) electrons. The van der Waals surface area contributed by atoms with Crippen LogP contribution in [0, 0.1) is 50.9 Å². The Morgan fingerprint density at radius 3 is 2.15 bits per heavy atom. The Balaban J connectivity index is 1.64. The number of nitrogens with zero attached hydrogens (tertiary/aromatic N) is 1. The molecule has 1 fully saturated rings. The van der Waals surface area contributed by atoms with E-state index in [1.807, 2.05) is 37.7 Å². The molecule has 0 spiro atoms. The van der Waals surface area contributed by atoms with Gasteiger partial charge >= 0.3 is 5.97 Å². The molecule has 3 aromatic carbocycles. The maximum Gasteiger partial charge on any atom is 0.303 e. The summed E-state index contributed by atoms with van der Waals surface area (Å²) in [6.07, 6.45) is 3.78. The summed E-state index contributed by atoms with van der Waals surface area (Å²) in [5.74, 6) is 0.118. The van der Waals surface area contributed by atoms with Crippen LogP contribution in [0.2, 0.25) is 5.02 Å². The summed E-state index contributed by atoms with van der Waals surface area (Å²) in [6, 6.07) is 17.0. The zero-order chi connectivity index (χ0) is 40.3. The number of halogens is 1. The van der Waals surface area contributed by atoms with Crippen molar-refractivity contribution in [2.24, 2.45) is 16.2 Å². The van der Waals surface area contributed by atoms with Gasteiger partial charge in [-0.25, -0.2) is 4.98 Å². The second-order valence-electron chi connectivity index (χ2n) is 17.9. The van der Waals surface area contributed by atoms with Gasteiger partial charge in [-0.1, -0.05) is 89.5 Å². The van der Waals surface area contributed by atoms with Gasteiger partial charge in [0.15, 0.2) is 0 Å². The minimum Gasteiger partial charge on any atom is -0.481 e. The zero-order valence-corrected chi connectivity index (χ0v) is 36.7. The number of hydrogen-bond acceptors (Lipinski definition) is 4. The van der Waals surface area contributed by atoms with Gasteiger partial charge in [0.2, 0.25) is 0 Å². The fraction of sp³-hybridized carbons (Fsp3) is 0.500. The Hall–Kier alpha value is -3.12. The van der Waals surface area contributed by atoms with E-state index in [0.29, 0.717) is 6.42 Å². The van der Waals surface area contributed by atoms with Crippen LogP contribution in [0.1, 0.15) is 143 Å². The smallest absolute Gasteiger partial charge is 0.303 e. The van der Waals surface area contributed by atoms with Crippen LogP contribution < -0.4 is 0 Å². The lowest BCUT2D eigenvalue weighted by atomic mass is 9.78. The first kappa shape index (κ1) is 42.0. The summed E-state index contributed by atoms with van der Waals surface area (Å²) in [5.41, 5.74) is 11.9. The van der Waals surface area contributed by atoms with E-state index < -0.39 is 11.6 Å². The van der Waals surface area contributed by atoms with Crippen molar-refractivity contribution in [2.45, 2.75) is 132 Å². The summed E-state index contributed by atoms with van der Waals surface area (Å²) in [4.78, 5) is 17.5. The topological polar surface area (TPSA) is 70.4 Å². The highest BCUT2D eigenvalue weighted by molar-refractivity contribution is 8.00. The number of fused-ring (bicyclic) bond motifs is 1. The Kier molecular flexibility index (Phi) is 11.5. The van der Waals surface area contributed by atoms with E-state index in [-0.39, 0.29) is 33.3 Å². The minimum atomic E-state index is -0.936. The number of carboxylic acid groups (broad SMARTS) is 1. The van der Waals surface area contributed by atoms with Crippen LogP contribution in [0.15, 0.2) is 48.5 Å². The lowest BCUT2D eigenvalue weighted by Gasteiger charge is -2.38. The summed E-state index contributed by atoms with van der Waals surface area (Å²) in [6.45, 7) is 30.5. The van der Waals surface area contributed by atoms with Crippen molar-refractivity contribution in [1.29, 1.82) is 0 Å². The van der Waals surface area contributed by atoms with Crippen LogP contribution in [0.4, 0.5) is 0 Å². The Morgan fingerprint density at radius 2 is 1.56 bits per heavy atom. The van der Waals surface area contributed by atoms with Gasteiger partial charge < -0.3 is 10.2 Å².